The molecule has 0 saturated carbocycles. The van der Waals surface area contributed by atoms with Crippen LogP contribution in [0, 0.1) is 13.0 Å². The van der Waals surface area contributed by atoms with Crippen LogP contribution in [0.3, 0.4) is 0 Å². The summed E-state index contributed by atoms with van der Waals surface area (Å²) in [6.07, 6.45) is 0.0622. The molecule has 0 bridgehead atoms. The van der Waals surface area contributed by atoms with Crippen LogP contribution in [-0.4, -0.2) is 11.1 Å². The fraction of sp³-hybridized carbons (Fsp3) is 0.222. The first-order chi connectivity index (χ1) is 5.20. The molecule has 0 atom stereocenters. The third-order valence-corrected chi connectivity index (χ3v) is 1.50. The van der Waals surface area contributed by atoms with Gasteiger partial charge in [0.25, 0.3) is 0 Å². The minimum Gasteiger partial charge on any atom is -0.481 e. The summed E-state index contributed by atoms with van der Waals surface area (Å²) in [5.74, 6) is -0.810. The molecule has 0 aliphatic carbocycles. The van der Waals surface area contributed by atoms with Crippen LogP contribution in [-0.2, 0) is 32.3 Å². The van der Waals surface area contributed by atoms with Crippen molar-refractivity contribution < 1.29 is 31.0 Å². The molecular weight excluding hydrogens is 324 g/mol. The Balaban J connectivity index is 0.00000121. The quantitative estimate of drug-likeness (QED) is 0.832. The van der Waals surface area contributed by atoms with E-state index < -0.39 is 5.97 Å². The second-order valence-electron chi connectivity index (χ2n) is 2.40. The maximum atomic E-state index is 10.3. The van der Waals surface area contributed by atoms with Crippen LogP contribution >= 0.6 is 0 Å². The van der Waals surface area contributed by atoms with Gasteiger partial charge >= 0.3 is 27.0 Å². The van der Waals surface area contributed by atoms with E-state index in [1.54, 1.807) is 6.07 Å². The van der Waals surface area contributed by atoms with Crippen molar-refractivity contribution >= 4 is 5.97 Å². The van der Waals surface area contributed by atoms with Crippen LogP contribution in [0.2, 0.25) is 0 Å². The molecule has 0 heterocycles. The second kappa shape index (κ2) is 5.10. The largest absolute Gasteiger partial charge is 2.00 e. The molecular formula is C9H9O2W+. The number of carboxylic acid groups (broad SMARTS) is 1. The van der Waals surface area contributed by atoms with Gasteiger partial charge in [0, 0.05) is 6.42 Å². The van der Waals surface area contributed by atoms with E-state index in [9.17, 15) is 4.79 Å². The van der Waals surface area contributed by atoms with E-state index in [-0.39, 0.29) is 27.5 Å². The zero-order chi connectivity index (χ0) is 8.27. The molecule has 0 amide bonds. The molecule has 1 N–H and O–H groups in total. The first kappa shape index (κ1) is 11.4. The molecule has 0 spiro atoms. The van der Waals surface area contributed by atoms with E-state index in [4.69, 9.17) is 5.11 Å². The van der Waals surface area contributed by atoms with E-state index >= 15 is 0 Å². The van der Waals surface area contributed by atoms with Crippen LogP contribution in [0.1, 0.15) is 11.1 Å². The van der Waals surface area contributed by atoms with Gasteiger partial charge < -0.3 is 5.11 Å². The van der Waals surface area contributed by atoms with Gasteiger partial charge in [0.15, 0.2) is 0 Å². The monoisotopic (exact) mass is 333 g/mol. The van der Waals surface area contributed by atoms with E-state index in [0.717, 1.165) is 11.1 Å². The van der Waals surface area contributed by atoms with Crippen LogP contribution in [0.25, 0.3) is 0 Å². The fourth-order valence-corrected chi connectivity index (χ4v) is 0.897. The predicted molar refractivity (Wildman–Crippen MR) is 41.4 cm³/mol. The number of aryl methyl sites for hydroxylation is 1. The van der Waals surface area contributed by atoms with E-state index in [0.29, 0.717) is 0 Å². The Kier molecular flexibility index (Phi) is 4.84. The SMILES string of the molecule is Cc1ccc[c-]c1CC(=O)O.[W+2]. The maximum Gasteiger partial charge on any atom is 2.00 e. The van der Waals surface area contributed by atoms with Gasteiger partial charge in [0.1, 0.15) is 0 Å². The number of benzene rings is 1. The van der Waals surface area contributed by atoms with Crippen molar-refractivity contribution in [1.29, 1.82) is 0 Å². The molecule has 12 heavy (non-hydrogen) atoms. The zero-order valence-corrected chi connectivity index (χ0v) is 9.64. The molecule has 0 aromatic heterocycles. The van der Waals surface area contributed by atoms with Gasteiger partial charge in [-0.1, -0.05) is 6.92 Å². The van der Waals surface area contributed by atoms with Crippen molar-refractivity contribution in [1.82, 2.24) is 0 Å². The Morgan fingerprint density at radius 3 is 2.83 bits per heavy atom. The number of rotatable bonds is 2. The van der Waals surface area contributed by atoms with Gasteiger partial charge in [0.2, 0.25) is 0 Å². The average Bonchev–Trinajstić information content (AvgIpc) is 1.93. The summed E-state index contributed by atoms with van der Waals surface area (Å²) < 4.78 is 0. The van der Waals surface area contributed by atoms with Gasteiger partial charge in [-0.3, -0.25) is 4.79 Å². The Labute approximate surface area is 85.9 Å². The summed E-state index contributed by atoms with van der Waals surface area (Å²) in [6, 6.07) is 8.35. The third-order valence-electron chi connectivity index (χ3n) is 1.50. The number of hydrogen-bond acceptors (Lipinski definition) is 1. The van der Waals surface area contributed by atoms with E-state index in [1.807, 2.05) is 19.1 Å². The smallest absolute Gasteiger partial charge is 0.481 e. The molecule has 1 aromatic rings. The van der Waals surface area contributed by atoms with Crippen molar-refractivity contribution in [3.05, 3.63) is 35.4 Å². The number of hydrogen-bond donors (Lipinski definition) is 1. The molecule has 2 nitrogen and oxygen atoms in total. The van der Waals surface area contributed by atoms with E-state index in [2.05, 4.69) is 6.07 Å². The van der Waals surface area contributed by atoms with Gasteiger partial charge in [-0.05, 0) is 0 Å². The third kappa shape index (κ3) is 3.18. The van der Waals surface area contributed by atoms with Crippen molar-refractivity contribution in [2.24, 2.45) is 0 Å². The Morgan fingerprint density at radius 1 is 1.67 bits per heavy atom. The summed E-state index contributed by atoms with van der Waals surface area (Å²) in [5, 5.41) is 8.47. The molecule has 0 saturated heterocycles. The molecule has 0 unspecified atom stereocenters. The standard InChI is InChI=1S/C9H9O2.W/c1-7-4-2-3-5-8(7)6-9(10)11;/h2-4H,6H2,1H3,(H,10,11);/q-1;+2. The summed E-state index contributed by atoms with van der Waals surface area (Å²) in [5.41, 5.74) is 1.75. The minimum absolute atomic E-state index is 0. The first-order valence-electron chi connectivity index (χ1n) is 3.38. The first-order valence-corrected chi connectivity index (χ1v) is 3.38. The molecule has 0 fully saturated rings. The summed E-state index contributed by atoms with van der Waals surface area (Å²) >= 11 is 0. The molecule has 1 rings (SSSR count). The second-order valence-corrected chi connectivity index (χ2v) is 2.40. The van der Waals surface area contributed by atoms with Crippen molar-refractivity contribution in [3.8, 4) is 0 Å². The summed E-state index contributed by atoms with van der Waals surface area (Å²) in [7, 11) is 0. The van der Waals surface area contributed by atoms with Gasteiger partial charge in [-0.25, -0.2) is 0 Å². The van der Waals surface area contributed by atoms with Gasteiger partial charge in [0.05, 0.1) is 0 Å². The predicted octanol–water partition coefficient (Wildman–Crippen LogP) is 1.42. The molecule has 0 aliphatic rings. The molecule has 0 aliphatic heterocycles. The molecule has 3 heteroatoms. The number of carboxylic acids is 1. The minimum atomic E-state index is -0.810. The maximum absolute atomic E-state index is 10.3. The van der Waals surface area contributed by atoms with Crippen LogP contribution in [0.5, 0.6) is 0 Å². The number of aliphatic carboxylic acids is 1. The normalized spacial score (nSPS) is 8.75. The van der Waals surface area contributed by atoms with Crippen LogP contribution in [0.4, 0.5) is 0 Å². The Morgan fingerprint density at radius 2 is 2.33 bits per heavy atom. The average molecular weight is 333 g/mol. The zero-order valence-electron chi connectivity index (χ0n) is 6.70. The van der Waals surface area contributed by atoms with E-state index in [1.165, 1.54) is 0 Å². The summed E-state index contributed by atoms with van der Waals surface area (Å²) in [6.45, 7) is 1.88. The fourth-order valence-electron chi connectivity index (χ4n) is 0.897. The van der Waals surface area contributed by atoms with Gasteiger partial charge in [-0.15, -0.1) is 5.56 Å². The van der Waals surface area contributed by atoms with Crippen LogP contribution < -0.4 is 0 Å². The topological polar surface area (TPSA) is 37.3 Å². The van der Waals surface area contributed by atoms with Gasteiger partial charge in [-0.2, -0.15) is 29.8 Å². The van der Waals surface area contributed by atoms with Crippen molar-refractivity contribution in [2.75, 3.05) is 0 Å². The van der Waals surface area contributed by atoms with Crippen molar-refractivity contribution in [2.45, 2.75) is 13.3 Å². The Hall–Kier alpha value is -0.622. The van der Waals surface area contributed by atoms with Crippen LogP contribution in [0.15, 0.2) is 18.2 Å². The molecule has 0 radical (unpaired) electrons. The van der Waals surface area contributed by atoms with Crippen molar-refractivity contribution in [3.63, 3.8) is 0 Å². The number of carbonyl (C=O) groups is 1. The summed E-state index contributed by atoms with van der Waals surface area (Å²) in [4.78, 5) is 10.3. The molecule has 1 aromatic carbocycles. The Bertz CT molecular complexity index is 271. The molecule has 62 valence electrons.